The van der Waals surface area contributed by atoms with Crippen molar-refractivity contribution < 1.29 is 18.0 Å². The largest absolute Gasteiger partial charge is 0.451 e. The Morgan fingerprint density at radius 1 is 1.15 bits per heavy atom. The standard InChI is InChI=1S/C17H18F3N5O/c1-11-9-13(24-16(22-11)17(18,19)20)15(26)23-12-5-6-14(21-10-12)25-7-3-2-4-8-25/h5-6,9-10H,2-4,7-8H2,1H3,(H,23,26). The summed E-state index contributed by atoms with van der Waals surface area (Å²) in [5.74, 6) is -1.25. The van der Waals surface area contributed by atoms with Gasteiger partial charge in [0.15, 0.2) is 0 Å². The maximum absolute atomic E-state index is 12.8. The van der Waals surface area contributed by atoms with Gasteiger partial charge in [-0.05, 0) is 44.4 Å². The Balaban J connectivity index is 1.72. The third kappa shape index (κ3) is 4.27. The second-order valence-electron chi connectivity index (χ2n) is 6.12. The summed E-state index contributed by atoms with van der Waals surface area (Å²) in [5, 5.41) is 2.52. The molecule has 2 aromatic heterocycles. The van der Waals surface area contributed by atoms with Gasteiger partial charge in [0, 0.05) is 18.8 Å². The number of carbonyl (C=O) groups is 1. The molecular formula is C17H18F3N5O. The minimum Gasteiger partial charge on any atom is -0.357 e. The molecule has 0 unspecified atom stereocenters. The molecule has 1 saturated heterocycles. The topological polar surface area (TPSA) is 71.0 Å². The van der Waals surface area contributed by atoms with E-state index in [1.165, 1.54) is 25.6 Å². The number of nitrogens with one attached hydrogen (secondary N) is 1. The predicted octanol–water partition coefficient (Wildman–Crippen LogP) is 3.44. The molecule has 0 aromatic carbocycles. The molecule has 138 valence electrons. The van der Waals surface area contributed by atoms with Crippen molar-refractivity contribution in [2.45, 2.75) is 32.4 Å². The molecule has 1 fully saturated rings. The van der Waals surface area contributed by atoms with Crippen LogP contribution in [0.1, 0.15) is 41.3 Å². The van der Waals surface area contributed by atoms with E-state index in [0.717, 1.165) is 31.7 Å². The van der Waals surface area contributed by atoms with Crippen LogP contribution in [0.15, 0.2) is 24.4 Å². The Morgan fingerprint density at radius 2 is 1.88 bits per heavy atom. The molecule has 9 heteroatoms. The second kappa shape index (κ2) is 7.27. The lowest BCUT2D eigenvalue weighted by Crippen LogP contribution is -2.30. The van der Waals surface area contributed by atoms with Gasteiger partial charge in [0.25, 0.3) is 5.91 Å². The summed E-state index contributed by atoms with van der Waals surface area (Å²) in [4.78, 5) is 25.4. The first-order valence-corrected chi connectivity index (χ1v) is 8.28. The van der Waals surface area contributed by atoms with Crippen molar-refractivity contribution in [1.82, 2.24) is 15.0 Å². The van der Waals surface area contributed by atoms with Crippen molar-refractivity contribution in [3.63, 3.8) is 0 Å². The van der Waals surface area contributed by atoms with Crippen LogP contribution in [0.2, 0.25) is 0 Å². The molecule has 0 spiro atoms. The van der Waals surface area contributed by atoms with Crippen LogP contribution in [0, 0.1) is 6.92 Å². The van der Waals surface area contributed by atoms with Crippen molar-refractivity contribution >= 4 is 17.4 Å². The molecule has 6 nitrogen and oxygen atoms in total. The molecule has 2 aromatic rings. The highest BCUT2D eigenvalue weighted by molar-refractivity contribution is 6.02. The number of aromatic nitrogens is 3. The summed E-state index contributed by atoms with van der Waals surface area (Å²) < 4.78 is 38.4. The number of anilines is 2. The van der Waals surface area contributed by atoms with E-state index < -0.39 is 17.9 Å². The van der Waals surface area contributed by atoms with E-state index in [-0.39, 0.29) is 11.4 Å². The van der Waals surface area contributed by atoms with Crippen LogP contribution >= 0.6 is 0 Å². The van der Waals surface area contributed by atoms with Gasteiger partial charge in [0.05, 0.1) is 11.9 Å². The minimum absolute atomic E-state index is 0.0658. The Bertz CT molecular complexity index is 786. The Kier molecular flexibility index (Phi) is 5.06. The van der Waals surface area contributed by atoms with Crippen LogP contribution in [0.25, 0.3) is 0 Å². The molecule has 0 atom stereocenters. The lowest BCUT2D eigenvalue weighted by atomic mass is 10.1. The summed E-state index contributed by atoms with van der Waals surface area (Å²) in [5.41, 5.74) is 0.113. The number of nitrogens with zero attached hydrogens (tertiary/aromatic N) is 4. The molecule has 3 rings (SSSR count). The van der Waals surface area contributed by atoms with Gasteiger partial charge in [-0.15, -0.1) is 0 Å². The van der Waals surface area contributed by atoms with Gasteiger partial charge in [0.1, 0.15) is 11.5 Å². The summed E-state index contributed by atoms with van der Waals surface area (Å²) in [7, 11) is 0. The van der Waals surface area contributed by atoms with Crippen LogP contribution < -0.4 is 10.2 Å². The molecule has 0 saturated carbocycles. The molecule has 26 heavy (non-hydrogen) atoms. The number of hydrogen-bond donors (Lipinski definition) is 1. The number of amides is 1. The van der Waals surface area contributed by atoms with Crippen LogP contribution in [-0.4, -0.2) is 33.9 Å². The zero-order valence-corrected chi connectivity index (χ0v) is 14.2. The van der Waals surface area contributed by atoms with Crippen molar-refractivity contribution in [3.05, 3.63) is 41.6 Å². The number of aryl methyl sites for hydroxylation is 1. The first kappa shape index (κ1) is 18.1. The van der Waals surface area contributed by atoms with Crippen LogP contribution in [-0.2, 0) is 6.18 Å². The van der Waals surface area contributed by atoms with Gasteiger partial charge in [-0.1, -0.05) is 0 Å². The molecule has 0 bridgehead atoms. The highest BCUT2D eigenvalue weighted by Crippen LogP contribution is 2.26. The van der Waals surface area contributed by atoms with E-state index in [0.29, 0.717) is 5.69 Å². The van der Waals surface area contributed by atoms with Gasteiger partial charge in [0.2, 0.25) is 5.82 Å². The third-order valence-electron chi connectivity index (χ3n) is 4.03. The molecule has 3 heterocycles. The van der Waals surface area contributed by atoms with Crippen LogP contribution in [0.3, 0.4) is 0 Å². The molecule has 1 aliphatic heterocycles. The molecule has 1 amide bonds. The number of carbonyl (C=O) groups excluding carboxylic acids is 1. The minimum atomic E-state index is -4.71. The molecule has 0 radical (unpaired) electrons. The smallest absolute Gasteiger partial charge is 0.357 e. The third-order valence-corrected chi connectivity index (χ3v) is 4.03. The predicted molar refractivity (Wildman–Crippen MR) is 90.0 cm³/mol. The highest BCUT2D eigenvalue weighted by atomic mass is 19.4. The Morgan fingerprint density at radius 3 is 2.50 bits per heavy atom. The summed E-state index contributed by atoms with van der Waals surface area (Å²) in [6.45, 7) is 3.26. The fourth-order valence-electron chi connectivity index (χ4n) is 2.78. The van der Waals surface area contributed by atoms with Crippen molar-refractivity contribution in [3.8, 4) is 0 Å². The maximum atomic E-state index is 12.8. The van der Waals surface area contributed by atoms with Crippen molar-refractivity contribution in [1.29, 1.82) is 0 Å². The van der Waals surface area contributed by atoms with Gasteiger partial charge in [-0.2, -0.15) is 13.2 Å². The van der Waals surface area contributed by atoms with Gasteiger partial charge < -0.3 is 10.2 Å². The summed E-state index contributed by atoms with van der Waals surface area (Å²) in [6, 6.07) is 4.67. The quantitative estimate of drug-likeness (QED) is 0.902. The SMILES string of the molecule is Cc1cc(C(=O)Nc2ccc(N3CCCCC3)nc2)nc(C(F)(F)F)n1. The van der Waals surface area contributed by atoms with E-state index in [9.17, 15) is 18.0 Å². The lowest BCUT2D eigenvalue weighted by Gasteiger charge is -2.27. The normalized spacial score (nSPS) is 15.0. The van der Waals surface area contributed by atoms with E-state index in [4.69, 9.17) is 0 Å². The van der Waals surface area contributed by atoms with Crippen molar-refractivity contribution in [2.24, 2.45) is 0 Å². The summed E-state index contributed by atoms with van der Waals surface area (Å²) in [6.07, 6.45) is 0.228. The first-order valence-electron chi connectivity index (χ1n) is 8.28. The highest BCUT2D eigenvalue weighted by Gasteiger charge is 2.35. The molecule has 1 N–H and O–H groups in total. The number of piperidine rings is 1. The van der Waals surface area contributed by atoms with Crippen molar-refractivity contribution in [2.75, 3.05) is 23.3 Å². The maximum Gasteiger partial charge on any atom is 0.451 e. The van der Waals surface area contributed by atoms with Gasteiger partial charge in [-0.25, -0.2) is 15.0 Å². The van der Waals surface area contributed by atoms with Crippen LogP contribution in [0.4, 0.5) is 24.7 Å². The fourth-order valence-corrected chi connectivity index (χ4v) is 2.78. The first-order chi connectivity index (χ1) is 12.3. The second-order valence-corrected chi connectivity index (χ2v) is 6.12. The number of alkyl halides is 3. The molecule has 1 aliphatic rings. The van der Waals surface area contributed by atoms with Gasteiger partial charge in [-0.3, -0.25) is 4.79 Å². The zero-order chi connectivity index (χ0) is 18.7. The summed E-state index contributed by atoms with van der Waals surface area (Å²) >= 11 is 0. The average molecular weight is 365 g/mol. The van der Waals surface area contributed by atoms with E-state index in [1.54, 1.807) is 12.1 Å². The fraction of sp³-hybridized carbons (Fsp3) is 0.412. The molecule has 0 aliphatic carbocycles. The Labute approximate surface area is 148 Å². The molecular weight excluding hydrogens is 347 g/mol. The number of pyridine rings is 1. The number of halogens is 3. The monoisotopic (exact) mass is 365 g/mol. The van der Waals surface area contributed by atoms with E-state index in [2.05, 4.69) is 25.2 Å². The van der Waals surface area contributed by atoms with Gasteiger partial charge >= 0.3 is 6.18 Å². The lowest BCUT2D eigenvalue weighted by molar-refractivity contribution is -0.145. The Hall–Kier alpha value is -2.71. The van der Waals surface area contributed by atoms with E-state index in [1.807, 2.05) is 0 Å². The zero-order valence-electron chi connectivity index (χ0n) is 14.2. The number of rotatable bonds is 3. The van der Waals surface area contributed by atoms with Crippen LogP contribution in [0.5, 0.6) is 0 Å². The average Bonchev–Trinajstić information content (AvgIpc) is 2.62. The van der Waals surface area contributed by atoms with E-state index >= 15 is 0 Å². The number of hydrogen-bond acceptors (Lipinski definition) is 5.